The number of ether oxygens (including phenoxy) is 1. The molecule has 0 aliphatic heterocycles. The van der Waals surface area contributed by atoms with E-state index in [9.17, 15) is 27.6 Å². The number of thiazole rings is 1. The number of halogens is 1. The predicted molar refractivity (Wildman–Crippen MR) is 115 cm³/mol. The number of hydrogen-bond acceptors (Lipinski definition) is 7. The van der Waals surface area contributed by atoms with Gasteiger partial charge in [0.05, 0.1) is 17.2 Å². The summed E-state index contributed by atoms with van der Waals surface area (Å²) in [6.07, 6.45) is -0.731. The lowest BCUT2D eigenvalue weighted by Gasteiger charge is -2.19. The third kappa shape index (κ3) is 8.67. The number of nitrogens with one attached hydrogen (secondary N) is 2. The molecule has 0 aliphatic carbocycles. The van der Waals surface area contributed by atoms with E-state index in [-0.39, 0.29) is 29.3 Å². The largest absolute Gasteiger partial charge is 0.444 e. The molecule has 2 rings (SSSR count). The minimum absolute atomic E-state index is 0.0175. The Morgan fingerprint density at radius 2 is 2.00 bits per heavy atom. The molecule has 10 nitrogen and oxygen atoms in total. The summed E-state index contributed by atoms with van der Waals surface area (Å²) < 4.78 is 43.3. The van der Waals surface area contributed by atoms with Crippen LogP contribution in [0.1, 0.15) is 32.0 Å². The predicted octanol–water partition coefficient (Wildman–Crippen LogP) is 2.18. The van der Waals surface area contributed by atoms with E-state index in [1.165, 1.54) is 23.6 Å². The summed E-state index contributed by atoms with van der Waals surface area (Å²) in [6.45, 7) is 4.92. The van der Waals surface area contributed by atoms with Crippen molar-refractivity contribution in [3.05, 3.63) is 51.5 Å². The third-order valence-electron chi connectivity index (χ3n) is 3.73. The van der Waals surface area contributed by atoms with Gasteiger partial charge in [0.1, 0.15) is 11.4 Å². The van der Waals surface area contributed by atoms with Gasteiger partial charge in [-0.2, -0.15) is 9.72 Å². The van der Waals surface area contributed by atoms with E-state index in [2.05, 4.69) is 15.6 Å². The molecule has 2 aromatic rings. The molecular weight excluding hydrogens is 463 g/mol. The van der Waals surface area contributed by atoms with Crippen molar-refractivity contribution in [2.75, 3.05) is 12.3 Å². The Morgan fingerprint density at radius 1 is 1.28 bits per heavy atom. The molecule has 3 N–H and O–H groups in total. The third-order valence-corrected chi connectivity index (χ3v) is 6.16. The molecule has 176 valence electrons. The topological polar surface area (TPSA) is 139 Å². The van der Waals surface area contributed by atoms with Crippen LogP contribution in [0.5, 0.6) is 0 Å². The maximum atomic E-state index is 13.2. The van der Waals surface area contributed by atoms with E-state index in [1.807, 2.05) is 0 Å². The van der Waals surface area contributed by atoms with Crippen molar-refractivity contribution >= 4 is 33.3 Å². The minimum atomic E-state index is -3.68. The van der Waals surface area contributed by atoms with E-state index in [4.69, 9.17) is 4.74 Å². The Bertz CT molecular complexity index is 1140. The van der Waals surface area contributed by atoms with Gasteiger partial charge in [-0.25, -0.2) is 22.4 Å². The summed E-state index contributed by atoms with van der Waals surface area (Å²) in [5.74, 6) is -1.33. The van der Waals surface area contributed by atoms with Gasteiger partial charge in [0, 0.05) is 18.5 Å². The number of nitrogens with zero attached hydrogens (tertiary/aromatic N) is 2. The van der Waals surface area contributed by atoms with Crippen LogP contribution in [0.15, 0.2) is 34.6 Å². The molecular formula is C19H25FN4O6S2. The zero-order chi connectivity index (χ0) is 23.9. The molecule has 1 aromatic heterocycles. The number of hydrogen-bond donors (Lipinski definition) is 3. The quantitative estimate of drug-likeness (QED) is 0.511. The van der Waals surface area contributed by atoms with Gasteiger partial charge in [-0.15, -0.1) is 11.3 Å². The monoisotopic (exact) mass is 488 g/mol. The highest BCUT2D eigenvalue weighted by atomic mass is 32.2. The summed E-state index contributed by atoms with van der Waals surface area (Å²) in [7, 11) is -3.68. The fourth-order valence-corrected chi connectivity index (χ4v) is 4.48. The standard InChI is InChI=1S/C19H25FN4O6S2/c1-19(2,3)30-18(26)21-7-8-32(28,29)12-15-11-31-17(24(15)27)23-16(25)22-10-13-5-4-6-14(20)9-13/h4-6,9,11,27H,7-8,10,12H2,1-3H3,(H,21,26)(H,22,25). The Labute approximate surface area is 188 Å². The first-order chi connectivity index (χ1) is 14.8. The normalized spacial score (nSPS) is 12.4. The number of alkyl carbamates (subject to hydrolysis) is 1. The maximum Gasteiger partial charge on any atom is 0.407 e. The van der Waals surface area contributed by atoms with Gasteiger partial charge in [-0.05, 0) is 38.5 Å². The highest BCUT2D eigenvalue weighted by Gasteiger charge is 2.19. The first-order valence-corrected chi connectivity index (χ1v) is 12.2. The lowest BCUT2D eigenvalue weighted by Crippen LogP contribution is -2.35. The number of aromatic nitrogens is 1. The number of carbonyl (C=O) groups is 2. The minimum Gasteiger partial charge on any atom is -0.444 e. The first-order valence-electron chi connectivity index (χ1n) is 9.47. The zero-order valence-electron chi connectivity index (χ0n) is 17.8. The van der Waals surface area contributed by atoms with Crippen LogP contribution in [-0.2, 0) is 26.9 Å². The molecule has 0 radical (unpaired) electrons. The second-order valence-corrected chi connectivity index (χ2v) is 10.8. The van der Waals surface area contributed by atoms with Gasteiger partial charge in [0.25, 0.3) is 0 Å². The summed E-state index contributed by atoms with van der Waals surface area (Å²) in [4.78, 5) is 27.1. The average Bonchev–Trinajstić information content (AvgIpc) is 2.97. The second kappa shape index (κ2) is 10.6. The van der Waals surface area contributed by atoms with Crippen LogP contribution in [0.3, 0.4) is 0 Å². The molecule has 0 aliphatic rings. The van der Waals surface area contributed by atoms with Crippen LogP contribution >= 0.6 is 11.3 Å². The molecule has 0 bridgehead atoms. The van der Waals surface area contributed by atoms with Crippen molar-refractivity contribution in [2.45, 2.75) is 38.7 Å². The Morgan fingerprint density at radius 3 is 2.66 bits per heavy atom. The summed E-state index contributed by atoms with van der Waals surface area (Å²) in [6, 6.07) is 4.89. The van der Waals surface area contributed by atoms with Crippen molar-refractivity contribution in [2.24, 2.45) is 4.99 Å². The van der Waals surface area contributed by atoms with Crippen LogP contribution in [-0.4, -0.2) is 48.4 Å². The number of amides is 3. The summed E-state index contributed by atoms with van der Waals surface area (Å²) in [5.41, 5.74) is -0.154. The van der Waals surface area contributed by atoms with Crippen LogP contribution in [0.4, 0.5) is 14.0 Å². The maximum absolute atomic E-state index is 13.2. The molecule has 0 atom stereocenters. The molecule has 0 unspecified atom stereocenters. The number of benzene rings is 1. The molecule has 13 heteroatoms. The molecule has 3 amide bonds. The van der Waals surface area contributed by atoms with Gasteiger partial charge in [-0.3, -0.25) is 0 Å². The first kappa shape index (κ1) is 25.3. The Kier molecular flexibility index (Phi) is 8.38. The van der Waals surface area contributed by atoms with Gasteiger partial charge in [0.2, 0.25) is 4.80 Å². The fourth-order valence-electron chi connectivity index (χ4n) is 2.38. The molecule has 32 heavy (non-hydrogen) atoms. The van der Waals surface area contributed by atoms with Crippen molar-refractivity contribution in [3.63, 3.8) is 0 Å². The van der Waals surface area contributed by atoms with Gasteiger partial charge < -0.3 is 20.6 Å². The van der Waals surface area contributed by atoms with E-state index < -0.39 is 39.1 Å². The van der Waals surface area contributed by atoms with Gasteiger partial charge >= 0.3 is 12.1 Å². The van der Waals surface area contributed by atoms with E-state index in [1.54, 1.807) is 26.8 Å². The second-order valence-electron chi connectivity index (χ2n) is 7.74. The number of rotatable bonds is 7. The lowest BCUT2D eigenvalue weighted by molar-refractivity contribution is 0.0531. The van der Waals surface area contributed by atoms with Gasteiger partial charge in [-0.1, -0.05) is 12.1 Å². The summed E-state index contributed by atoms with van der Waals surface area (Å²) in [5, 5.41) is 16.3. The highest BCUT2D eigenvalue weighted by molar-refractivity contribution is 7.90. The highest BCUT2D eigenvalue weighted by Crippen LogP contribution is 2.08. The molecule has 1 aromatic carbocycles. The number of sulfone groups is 1. The van der Waals surface area contributed by atoms with E-state index >= 15 is 0 Å². The van der Waals surface area contributed by atoms with Crippen LogP contribution in [0, 0.1) is 5.82 Å². The summed E-state index contributed by atoms with van der Waals surface area (Å²) >= 11 is 0.876. The van der Waals surface area contributed by atoms with Crippen molar-refractivity contribution in [3.8, 4) is 0 Å². The van der Waals surface area contributed by atoms with Crippen molar-refractivity contribution in [1.29, 1.82) is 0 Å². The Balaban J connectivity index is 1.93. The SMILES string of the molecule is CC(C)(C)OC(=O)NCCS(=O)(=O)Cc1csc(=NC(=O)NCc2cccc(F)c2)n1O. The smallest absolute Gasteiger partial charge is 0.407 e. The average molecular weight is 489 g/mol. The molecule has 0 spiro atoms. The molecule has 0 fully saturated rings. The van der Waals surface area contributed by atoms with Crippen LogP contribution < -0.4 is 15.4 Å². The van der Waals surface area contributed by atoms with E-state index in [0.717, 1.165) is 11.3 Å². The Hall–Kier alpha value is -2.93. The van der Waals surface area contributed by atoms with Gasteiger partial charge in [0.15, 0.2) is 9.84 Å². The molecule has 0 saturated heterocycles. The van der Waals surface area contributed by atoms with Crippen LogP contribution in [0.25, 0.3) is 0 Å². The van der Waals surface area contributed by atoms with Crippen molar-refractivity contribution in [1.82, 2.24) is 15.4 Å². The number of urea groups is 1. The number of carbonyl (C=O) groups excluding carboxylic acids is 2. The van der Waals surface area contributed by atoms with Crippen molar-refractivity contribution < 1.29 is 32.3 Å². The van der Waals surface area contributed by atoms with Crippen LogP contribution in [0.2, 0.25) is 0 Å². The van der Waals surface area contributed by atoms with E-state index in [0.29, 0.717) is 10.3 Å². The molecule has 1 heterocycles. The fraction of sp³-hybridized carbons (Fsp3) is 0.421. The zero-order valence-corrected chi connectivity index (χ0v) is 19.4. The lowest BCUT2D eigenvalue weighted by atomic mass is 10.2. The molecule has 0 saturated carbocycles.